The van der Waals surface area contributed by atoms with E-state index in [4.69, 9.17) is 5.11 Å². The van der Waals surface area contributed by atoms with E-state index in [2.05, 4.69) is 10.1 Å². The summed E-state index contributed by atoms with van der Waals surface area (Å²) in [7, 11) is 0. The number of rotatable bonds is 5. The van der Waals surface area contributed by atoms with Gasteiger partial charge in [-0.1, -0.05) is 6.08 Å². The molecule has 0 bridgehead atoms. The molecular formula is C11H10F3NO3. The Morgan fingerprint density at radius 2 is 1.94 bits per heavy atom. The van der Waals surface area contributed by atoms with E-state index in [1.54, 1.807) is 0 Å². The fourth-order valence-corrected chi connectivity index (χ4v) is 1.11. The van der Waals surface area contributed by atoms with Gasteiger partial charge in [0.1, 0.15) is 5.75 Å². The number of alkyl halides is 3. The van der Waals surface area contributed by atoms with E-state index in [1.165, 1.54) is 18.2 Å². The van der Waals surface area contributed by atoms with Gasteiger partial charge in [0, 0.05) is 18.3 Å². The van der Waals surface area contributed by atoms with Crippen molar-refractivity contribution in [3.8, 4) is 5.75 Å². The Kier molecular flexibility index (Phi) is 4.59. The molecule has 0 saturated heterocycles. The van der Waals surface area contributed by atoms with Crippen LogP contribution in [0.1, 0.15) is 0 Å². The number of aliphatic carboxylic acids is 1. The Morgan fingerprint density at radius 3 is 2.44 bits per heavy atom. The van der Waals surface area contributed by atoms with E-state index in [-0.39, 0.29) is 12.3 Å². The minimum absolute atomic E-state index is 0.256. The van der Waals surface area contributed by atoms with E-state index in [0.29, 0.717) is 5.69 Å². The Labute approximate surface area is 101 Å². The van der Waals surface area contributed by atoms with Crippen LogP contribution in [0.3, 0.4) is 0 Å². The number of benzene rings is 1. The van der Waals surface area contributed by atoms with E-state index in [9.17, 15) is 18.0 Å². The second-order valence-electron chi connectivity index (χ2n) is 3.19. The molecule has 0 aliphatic rings. The zero-order valence-corrected chi connectivity index (χ0v) is 9.07. The third-order valence-corrected chi connectivity index (χ3v) is 1.77. The molecule has 0 aromatic heterocycles. The molecule has 0 fully saturated rings. The molecule has 0 amide bonds. The largest absolute Gasteiger partial charge is 0.573 e. The zero-order valence-electron chi connectivity index (χ0n) is 9.07. The van der Waals surface area contributed by atoms with Crippen LogP contribution in [0.5, 0.6) is 5.75 Å². The van der Waals surface area contributed by atoms with Gasteiger partial charge in [0.2, 0.25) is 0 Å². The average Bonchev–Trinajstić information content (AvgIpc) is 2.24. The molecule has 0 saturated carbocycles. The van der Waals surface area contributed by atoms with Gasteiger partial charge in [0.15, 0.2) is 0 Å². The maximum Gasteiger partial charge on any atom is 0.573 e. The first-order chi connectivity index (χ1) is 8.37. The van der Waals surface area contributed by atoms with Crippen molar-refractivity contribution < 1.29 is 27.8 Å². The van der Waals surface area contributed by atoms with Gasteiger partial charge < -0.3 is 15.2 Å². The normalized spacial score (nSPS) is 11.5. The summed E-state index contributed by atoms with van der Waals surface area (Å²) >= 11 is 0. The van der Waals surface area contributed by atoms with Crippen LogP contribution in [0.4, 0.5) is 18.9 Å². The lowest BCUT2D eigenvalue weighted by Gasteiger charge is -2.09. The van der Waals surface area contributed by atoms with Gasteiger partial charge >= 0.3 is 12.3 Å². The quantitative estimate of drug-likeness (QED) is 0.800. The van der Waals surface area contributed by atoms with Crippen LogP contribution in [-0.2, 0) is 4.79 Å². The van der Waals surface area contributed by atoms with Gasteiger partial charge in [-0.2, -0.15) is 0 Å². The highest BCUT2D eigenvalue weighted by Gasteiger charge is 2.30. The van der Waals surface area contributed by atoms with Crippen LogP contribution in [0.15, 0.2) is 36.4 Å². The standard InChI is InChI=1S/C11H10F3NO3/c12-11(13,14)18-9-5-3-8(4-6-9)15-7-1-2-10(16)17/h1-6,15H,7H2,(H,16,17)/b2-1+. The third kappa shape index (κ3) is 5.78. The number of nitrogens with one attached hydrogen (secondary N) is 1. The summed E-state index contributed by atoms with van der Waals surface area (Å²) in [4.78, 5) is 10.2. The highest BCUT2D eigenvalue weighted by molar-refractivity contribution is 5.79. The predicted octanol–water partition coefficient (Wildman–Crippen LogP) is 2.64. The molecule has 1 aromatic carbocycles. The second kappa shape index (κ2) is 5.95. The molecule has 98 valence electrons. The maximum absolute atomic E-state index is 11.9. The molecule has 0 atom stereocenters. The maximum atomic E-state index is 11.9. The lowest BCUT2D eigenvalue weighted by molar-refractivity contribution is -0.274. The minimum Gasteiger partial charge on any atom is -0.478 e. The Bertz CT molecular complexity index is 426. The number of hydrogen-bond donors (Lipinski definition) is 2. The number of carboxylic acids is 1. The lowest BCUT2D eigenvalue weighted by atomic mass is 10.3. The van der Waals surface area contributed by atoms with Gasteiger partial charge in [-0.3, -0.25) is 0 Å². The molecule has 4 nitrogen and oxygen atoms in total. The van der Waals surface area contributed by atoms with Gasteiger partial charge in [0.25, 0.3) is 0 Å². The summed E-state index contributed by atoms with van der Waals surface area (Å²) in [5.74, 6) is -1.38. The smallest absolute Gasteiger partial charge is 0.478 e. The van der Waals surface area contributed by atoms with E-state index in [0.717, 1.165) is 18.2 Å². The highest BCUT2D eigenvalue weighted by Crippen LogP contribution is 2.23. The van der Waals surface area contributed by atoms with Crippen molar-refractivity contribution in [2.24, 2.45) is 0 Å². The van der Waals surface area contributed by atoms with Crippen LogP contribution in [0.2, 0.25) is 0 Å². The first kappa shape index (κ1) is 13.9. The number of carbonyl (C=O) groups is 1. The van der Waals surface area contributed by atoms with E-state index >= 15 is 0 Å². The zero-order chi connectivity index (χ0) is 13.6. The lowest BCUT2D eigenvalue weighted by Crippen LogP contribution is -2.17. The van der Waals surface area contributed by atoms with Crippen molar-refractivity contribution >= 4 is 11.7 Å². The van der Waals surface area contributed by atoms with Crippen molar-refractivity contribution in [3.63, 3.8) is 0 Å². The van der Waals surface area contributed by atoms with Gasteiger partial charge in [-0.15, -0.1) is 13.2 Å². The molecule has 1 rings (SSSR count). The van der Waals surface area contributed by atoms with Gasteiger partial charge in [-0.05, 0) is 24.3 Å². The van der Waals surface area contributed by atoms with Crippen molar-refractivity contribution in [2.75, 3.05) is 11.9 Å². The number of ether oxygens (including phenoxy) is 1. The van der Waals surface area contributed by atoms with Crippen LogP contribution in [0, 0.1) is 0 Å². The fourth-order valence-electron chi connectivity index (χ4n) is 1.11. The molecule has 18 heavy (non-hydrogen) atoms. The number of hydrogen-bond acceptors (Lipinski definition) is 3. The van der Waals surface area contributed by atoms with Crippen molar-refractivity contribution in [1.29, 1.82) is 0 Å². The van der Waals surface area contributed by atoms with Crippen LogP contribution in [0.25, 0.3) is 0 Å². The summed E-state index contributed by atoms with van der Waals surface area (Å²) in [5, 5.41) is 11.1. The topological polar surface area (TPSA) is 58.6 Å². The number of carboxylic acid groups (broad SMARTS) is 1. The predicted molar refractivity (Wildman–Crippen MR) is 58.4 cm³/mol. The minimum atomic E-state index is -4.71. The molecule has 1 aromatic rings. The van der Waals surface area contributed by atoms with Gasteiger partial charge in [-0.25, -0.2) is 4.79 Å². The summed E-state index contributed by atoms with van der Waals surface area (Å²) in [6.45, 7) is 0.256. The molecule has 0 unspecified atom stereocenters. The van der Waals surface area contributed by atoms with Crippen LogP contribution in [-0.4, -0.2) is 24.0 Å². The molecule has 0 radical (unpaired) electrons. The monoisotopic (exact) mass is 261 g/mol. The van der Waals surface area contributed by atoms with E-state index < -0.39 is 12.3 Å². The Hall–Kier alpha value is -2.18. The molecule has 0 aliphatic heterocycles. The first-order valence-electron chi connectivity index (χ1n) is 4.86. The van der Waals surface area contributed by atoms with Gasteiger partial charge in [0.05, 0.1) is 0 Å². The SMILES string of the molecule is O=C(O)/C=C/CNc1ccc(OC(F)(F)F)cc1. The first-order valence-corrected chi connectivity index (χ1v) is 4.86. The van der Waals surface area contributed by atoms with E-state index in [1.807, 2.05) is 0 Å². The average molecular weight is 261 g/mol. The molecular weight excluding hydrogens is 251 g/mol. The fraction of sp³-hybridized carbons (Fsp3) is 0.182. The Morgan fingerprint density at radius 1 is 1.33 bits per heavy atom. The summed E-state index contributed by atoms with van der Waals surface area (Å²) in [6.07, 6.45) is -2.37. The summed E-state index contributed by atoms with van der Waals surface area (Å²) < 4.78 is 39.3. The molecule has 0 spiro atoms. The molecule has 2 N–H and O–H groups in total. The number of anilines is 1. The Balaban J connectivity index is 2.48. The molecule has 0 aliphatic carbocycles. The molecule has 0 heterocycles. The second-order valence-corrected chi connectivity index (χ2v) is 3.19. The summed E-state index contributed by atoms with van der Waals surface area (Å²) in [5.41, 5.74) is 0.555. The highest BCUT2D eigenvalue weighted by atomic mass is 19.4. The van der Waals surface area contributed by atoms with Crippen molar-refractivity contribution in [1.82, 2.24) is 0 Å². The van der Waals surface area contributed by atoms with Crippen LogP contribution < -0.4 is 10.1 Å². The van der Waals surface area contributed by atoms with Crippen LogP contribution >= 0.6 is 0 Å². The summed E-state index contributed by atoms with van der Waals surface area (Å²) in [6, 6.07) is 5.12. The third-order valence-electron chi connectivity index (χ3n) is 1.77. The van der Waals surface area contributed by atoms with Crippen molar-refractivity contribution in [3.05, 3.63) is 36.4 Å². The van der Waals surface area contributed by atoms with Crippen molar-refractivity contribution in [2.45, 2.75) is 6.36 Å². The number of halogens is 3. The molecule has 7 heteroatoms.